The second-order valence-corrected chi connectivity index (χ2v) is 12.2. The molecule has 3 fully saturated rings. The third-order valence-electron chi connectivity index (χ3n) is 8.35. The van der Waals surface area contributed by atoms with E-state index in [0.29, 0.717) is 24.9 Å². The van der Waals surface area contributed by atoms with Crippen molar-refractivity contribution in [2.45, 2.75) is 62.1 Å². The number of amides is 1. The normalized spacial score (nSPS) is 28.4. The lowest BCUT2D eigenvalue weighted by molar-refractivity contribution is 0.0196. The maximum absolute atomic E-state index is 14.2. The van der Waals surface area contributed by atoms with Crippen LogP contribution in [0.3, 0.4) is 0 Å². The van der Waals surface area contributed by atoms with Gasteiger partial charge in [-0.1, -0.05) is 0 Å². The first-order valence-corrected chi connectivity index (χ1v) is 14.0. The molecule has 1 aromatic rings. The highest BCUT2D eigenvalue weighted by Gasteiger charge is 2.50. The topological polar surface area (TPSA) is 79.4 Å². The standard InChI is InChI=1S/C24H34FN3O5S/c1-32-11-12-33-23(29)28-18-4-5-19(28)15-20(14-18)26-9-7-24(8-10-26)16-27(34(2,30)31)22-6-3-17(25)13-21(22)24/h3,6,13,18-20H,4-5,7-12,14-16H2,1-2H3. The van der Waals surface area contributed by atoms with Crippen molar-refractivity contribution in [1.29, 1.82) is 0 Å². The molecule has 10 heteroatoms. The molecule has 2 atom stereocenters. The van der Waals surface area contributed by atoms with Crippen molar-refractivity contribution < 1.29 is 27.1 Å². The Kier molecular flexibility index (Phi) is 6.27. The van der Waals surface area contributed by atoms with E-state index in [4.69, 9.17) is 9.47 Å². The van der Waals surface area contributed by atoms with Gasteiger partial charge in [0, 0.05) is 37.2 Å². The van der Waals surface area contributed by atoms with Crippen LogP contribution in [0.25, 0.3) is 0 Å². The summed E-state index contributed by atoms with van der Waals surface area (Å²) in [4.78, 5) is 17.0. The lowest BCUT2D eigenvalue weighted by Gasteiger charge is -2.47. The van der Waals surface area contributed by atoms with E-state index in [1.54, 1.807) is 13.2 Å². The molecule has 34 heavy (non-hydrogen) atoms. The number of ether oxygens (including phenoxy) is 2. The predicted molar refractivity (Wildman–Crippen MR) is 126 cm³/mol. The molecule has 4 heterocycles. The van der Waals surface area contributed by atoms with Crippen LogP contribution in [0.2, 0.25) is 0 Å². The fourth-order valence-corrected chi connectivity index (χ4v) is 7.67. The predicted octanol–water partition coefficient (Wildman–Crippen LogP) is 2.72. The minimum absolute atomic E-state index is 0.205. The largest absolute Gasteiger partial charge is 0.447 e. The van der Waals surface area contributed by atoms with E-state index in [9.17, 15) is 17.6 Å². The molecule has 1 aromatic carbocycles. The van der Waals surface area contributed by atoms with Gasteiger partial charge in [-0.15, -0.1) is 0 Å². The lowest BCUT2D eigenvalue weighted by Crippen LogP contribution is -2.55. The van der Waals surface area contributed by atoms with Crippen molar-refractivity contribution in [1.82, 2.24) is 9.80 Å². The van der Waals surface area contributed by atoms with Crippen molar-refractivity contribution in [2.24, 2.45) is 0 Å². The molecule has 0 radical (unpaired) electrons. The molecule has 3 saturated heterocycles. The molecule has 5 rings (SSSR count). The first kappa shape index (κ1) is 23.8. The molecule has 1 spiro atoms. The van der Waals surface area contributed by atoms with Crippen molar-refractivity contribution in [3.05, 3.63) is 29.6 Å². The number of sulfonamides is 1. The Bertz CT molecular complexity index is 1030. The van der Waals surface area contributed by atoms with Crippen molar-refractivity contribution in [3.63, 3.8) is 0 Å². The quantitative estimate of drug-likeness (QED) is 0.585. The van der Waals surface area contributed by atoms with E-state index in [1.807, 2.05) is 4.90 Å². The minimum atomic E-state index is -3.43. The number of rotatable bonds is 5. The van der Waals surface area contributed by atoms with Crippen molar-refractivity contribution in [2.75, 3.05) is 50.5 Å². The summed E-state index contributed by atoms with van der Waals surface area (Å²) in [7, 11) is -1.84. The molecule has 0 N–H and O–H groups in total. The highest BCUT2D eigenvalue weighted by molar-refractivity contribution is 7.92. The van der Waals surface area contributed by atoms with Crippen LogP contribution in [0.5, 0.6) is 0 Å². The first-order chi connectivity index (χ1) is 16.2. The van der Waals surface area contributed by atoms with Gasteiger partial charge < -0.3 is 19.3 Å². The van der Waals surface area contributed by atoms with Gasteiger partial charge in [-0.2, -0.15) is 0 Å². The number of piperidine rings is 2. The minimum Gasteiger partial charge on any atom is -0.447 e. The van der Waals surface area contributed by atoms with Crippen molar-refractivity contribution >= 4 is 21.8 Å². The summed E-state index contributed by atoms with van der Waals surface area (Å²) in [6.07, 6.45) is 6.47. The highest BCUT2D eigenvalue weighted by Crippen LogP contribution is 2.49. The van der Waals surface area contributed by atoms with Crippen LogP contribution in [0.15, 0.2) is 18.2 Å². The average molecular weight is 496 g/mol. The van der Waals surface area contributed by atoms with Gasteiger partial charge in [0.25, 0.3) is 0 Å². The van der Waals surface area contributed by atoms with Crippen LogP contribution in [0.1, 0.15) is 44.1 Å². The lowest BCUT2D eigenvalue weighted by atomic mass is 9.73. The number of halogens is 1. The molecule has 2 bridgehead atoms. The van der Waals surface area contributed by atoms with Gasteiger partial charge in [-0.05, 0) is 75.4 Å². The number of nitrogens with zero attached hydrogens (tertiary/aromatic N) is 3. The smallest absolute Gasteiger partial charge is 0.410 e. The van der Waals surface area contributed by atoms with E-state index in [-0.39, 0.29) is 36.0 Å². The molecule has 2 unspecified atom stereocenters. The second-order valence-electron chi connectivity index (χ2n) is 10.3. The average Bonchev–Trinajstić information content (AvgIpc) is 3.25. The summed E-state index contributed by atoms with van der Waals surface area (Å²) in [5.74, 6) is -0.322. The Hall–Kier alpha value is -1.91. The third kappa shape index (κ3) is 4.18. The number of hydrogen-bond acceptors (Lipinski definition) is 6. The van der Waals surface area contributed by atoms with Crippen LogP contribution < -0.4 is 4.31 Å². The SMILES string of the molecule is COCCOC(=O)N1C2CCC1CC(N1CCC3(CC1)CN(S(C)(=O)=O)c1ccc(F)cc13)C2. The van der Waals surface area contributed by atoms with Gasteiger partial charge in [-0.25, -0.2) is 17.6 Å². The van der Waals surface area contributed by atoms with E-state index >= 15 is 0 Å². The second kappa shape index (κ2) is 8.95. The van der Waals surface area contributed by atoms with E-state index in [0.717, 1.165) is 57.2 Å². The summed E-state index contributed by atoms with van der Waals surface area (Å²) in [6, 6.07) is 5.29. The zero-order valence-corrected chi connectivity index (χ0v) is 20.7. The fourth-order valence-electron chi connectivity index (χ4n) is 6.67. The zero-order chi connectivity index (χ0) is 24.1. The molecular weight excluding hydrogens is 461 g/mol. The molecule has 188 valence electrons. The molecule has 4 aliphatic rings. The van der Waals surface area contributed by atoms with Gasteiger partial charge in [-0.3, -0.25) is 4.31 Å². The monoisotopic (exact) mass is 495 g/mol. The maximum atomic E-state index is 14.2. The Morgan fingerprint density at radius 3 is 2.41 bits per heavy atom. The number of benzene rings is 1. The van der Waals surface area contributed by atoms with Crippen LogP contribution in [0.4, 0.5) is 14.9 Å². The van der Waals surface area contributed by atoms with Gasteiger partial charge in [0.2, 0.25) is 10.0 Å². The number of carbonyl (C=O) groups excluding carboxylic acids is 1. The molecule has 4 aliphatic heterocycles. The number of fused-ring (bicyclic) bond motifs is 4. The maximum Gasteiger partial charge on any atom is 0.410 e. The van der Waals surface area contributed by atoms with Gasteiger partial charge in [0.05, 0.1) is 18.6 Å². The van der Waals surface area contributed by atoms with E-state index in [1.165, 1.54) is 22.7 Å². The number of likely N-dealkylation sites (tertiary alicyclic amines) is 1. The van der Waals surface area contributed by atoms with Gasteiger partial charge in [0.15, 0.2) is 0 Å². The number of methoxy groups -OCH3 is 1. The van der Waals surface area contributed by atoms with Crippen molar-refractivity contribution in [3.8, 4) is 0 Å². The first-order valence-electron chi connectivity index (χ1n) is 12.2. The van der Waals surface area contributed by atoms with Crippen LogP contribution in [-0.2, 0) is 24.9 Å². The Morgan fingerprint density at radius 1 is 1.12 bits per heavy atom. The number of anilines is 1. The summed E-state index contributed by atoms with van der Waals surface area (Å²) in [5.41, 5.74) is 1.10. The molecule has 0 aromatic heterocycles. The molecular formula is C24H34FN3O5S. The fraction of sp³-hybridized carbons (Fsp3) is 0.708. The van der Waals surface area contributed by atoms with E-state index in [2.05, 4.69) is 4.90 Å². The van der Waals surface area contributed by atoms with Crippen LogP contribution in [-0.4, -0.2) is 88.6 Å². The summed E-state index contributed by atoms with van der Waals surface area (Å²) >= 11 is 0. The summed E-state index contributed by atoms with van der Waals surface area (Å²) < 4.78 is 50.9. The Morgan fingerprint density at radius 2 is 1.79 bits per heavy atom. The number of carbonyl (C=O) groups is 1. The molecule has 1 amide bonds. The highest BCUT2D eigenvalue weighted by atomic mass is 32.2. The Balaban J connectivity index is 1.26. The summed E-state index contributed by atoms with van der Waals surface area (Å²) in [6.45, 7) is 2.74. The Labute approximate surface area is 201 Å². The molecule has 0 aliphatic carbocycles. The molecule has 0 saturated carbocycles. The van der Waals surface area contributed by atoms with E-state index < -0.39 is 10.0 Å². The zero-order valence-electron chi connectivity index (χ0n) is 19.9. The third-order valence-corrected chi connectivity index (χ3v) is 9.48. The van der Waals surface area contributed by atoms with Gasteiger partial charge in [0.1, 0.15) is 12.4 Å². The number of hydrogen-bond donors (Lipinski definition) is 0. The van der Waals surface area contributed by atoms with Gasteiger partial charge >= 0.3 is 6.09 Å². The van der Waals surface area contributed by atoms with Crippen LogP contribution in [0, 0.1) is 5.82 Å². The molecule has 8 nitrogen and oxygen atoms in total. The van der Waals surface area contributed by atoms with Crippen LogP contribution >= 0.6 is 0 Å². The summed E-state index contributed by atoms with van der Waals surface area (Å²) in [5, 5.41) is 0.